The smallest absolute Gasteiger partial charge is 0.294 e. The first-order valence-corrected chi connectivity index (χ1v) is 9.48. The molecule has 2 aromatic carbocycles. The predicted molar refractivity (Wildman–Crippen MR) is 103 cm³/mol. The summed E-state index contributed by atoms with van der Waals surface area (Å²) in [5.41, 5.74) is 0. The molecule has 0 fully saturated rings. The standard InChI is InChI=1S/C20H10O3S2/c1-3-7-15-11(5-1)13-9-17(22-19(13)24-15)21-18-10-14-12-6-2-4-8-16(12)25-20(14)23-18/h1-10H. The fourth-order valence-electron chi connectivity index (χ4n) is 3.19. The lowest BCUT2D eigenvalue weighted by molar-refractivity contribution is 0.297. The van der Waals surface area contributed by atoms with Crippen LogP contribution in [0.3, 0.4) is 0 Å². The fourth-order valence-corrected chi connectivity index (χ4v) is 5.26. The van der Waals surface area contributed by atoms with Gasteiger partial charge in [0.25, 0.3) is 11.9 Å². The third-order valence-electron chi connectivity index (χ3n) is 4.31. The number of ether oxygens (including phenoxy) is 1. The largest absolute Gasteiger partial charge is 0.414 e. The van der Waals surface area contributed by atoms with Crippen molar-refractivity contribution in [2.45, 2.75) is 0 Å². The van der Waals surface area contributed by atoms with Gasteiger partial charge in [0.15, 0.2) is 9.79 Å². The van der Waals surface area contributed by atoms with E-state index in [4.69, 9.17) is 13.6 Å². The number of fused-ring (bicyclic) bond motifs is 6. The monoisotopic (exact) mass is 362 g/mol. The average molecular weight is 362 g/mol. The highest BCUT2D eigenvalue weighted by Gasteiger charge is 2.16. The summed E-state index contributed by atoms with van der Waals surface area (Å²) < 4.78 is 20.0. The van der Waals surface area contributed by atoms with Crippen LogP contribution in [0, 0.1) is 0 Å². The van der Waals surface area contributed by atoms with Crippen LogP contribution in [0.2, 0.25) is 0 Å². The van der Waals surface area contributed by atoms with Gasteiger partial charge in [-0.2, -0.15) is 0 Å². The Morgan fingerprint density at radius 2 is 1.08 bits per heavy atom. The Morgan fingerprint density at radius 3 is 1.60 bits per heavy atom. The molecule has 3 nitrogen and oxygen atoms in total. The van der Waals surface area contributed by atoms with E-state index >= 15 is 0 Å². The number of hydrogen-bond acceptors (Lipinski definition) is 5. The Kier molecular flexibility index (Phi) is 2.64. The zero-order valence-corrected chi connectivity index (χ0v) is 14.4. The van der Waals surface area contributed by atoms with Gasteiger partial charge in [0.2, 0.25) is 0 Å². The van der Waals surface area contributed by atoms with Gasteiger partial charge in [-0.15, -0.1) is 0 Å². The molecule has 0 aliphatic heterocycles. The molecule has 0 unspecified atom stereocenters. The summed E-state index contributed by atoms with van der Waals surface area (Å²) in [5.74, 6) is 0.912. The molecule has 5 heteroatoms. The normalized spacial score (nSPS) is 12.0. The Bertz CT molecular complexity index is 1270. The topological polar surface area (TPSA) is 35.5 Å². The maximum atomic E-state index is 5.86. The molecule has 0 saturated carbocycles. The second kappa shape index (κ2) is 4.88. The van der Waals surface area contributed by atoms with Crippen LogP contribution in [0.1, 0.15) is 0 Å². The molecule has 0 atom stereocenters. The lowest BCUT2D eigenvalue weighted by atomic mass is 10.2. The van der Waals surface area contributed by atoms with Crippen LogP contribution >= 0.6 is 22.7 Å². The number of thiophene rings is 2. The third-order valence-corrected chi connectivity index (χ3v) is 6.44. The van der Waals surface area contributed by atoms with Crippen LogP contribution in [0.4, 0.5) is 0 Å². The highest BCUT2D eigenvalue weighted by atomic mass is 32.1. The van der Waals surface area contributed by atoms with Crippen LogP contribution in [0.5, 0.6) is 11.9 Å². The van der Waals surface area contributed by atoms with Crippen LogP contribution in [0.15, 0.2) is 69.5 Å². The highest BCUT2D eigenvalue weighted by Crippen LogP contribution is 2.42. The first-order valence-electron chi connectivity index (χ1n) is 7.85. The number of benzene rings is 2. The molecule has 0 spiro atoms. The summed E-state index contributed by atoms with van der Waals surface area (Å²) in [7, 11) is 0. The number of hydrogen-bond donors (Lipinski definition) is 0. The van der Waals surface area contributed by atoms with Crippen LogP contribution in [0.25, 0.3) is 40.7 Å². The van der Waals surface area contributed by atoms with Gasteiger partial charge in [-0.1, -0.05) is 59.1 Å². The van der Waals surface area contributed by atoms with Crippen molar-refractivity contribution in [3.63, 3.8) is 0 Å². The lowest BCUT2D eigenvalue weighted by Gasteiger charge is -1.95. The minimum absolute atomic E-state index is 0.456. The molecule has 0 bridgehead atoms. The summed E-state index contributed by atoms with van der Waals surface area (Å²) in [5, 5.41) is 4.53. The first kappa shape index (κ1) is 13.5. The van der Waals surface area contributed by atoms with E-state index < -0.39 is 0 Å². The van der Waals surface area contributed by atoms with E-state index in [2.05, 4.69) is 24.3 Å². The van der Waals surface area contributed by atoms with Crippen molar-refractivity contribution in [2.75, 3.05) is 0 Å². The fraction of sp³-hybridized carbons (Fsp3) is 0. The molecular formula is C20H10O3S2. The molecule has 0 saturated heterocycles. The summed E-state index contributed by atoms with van der Waals surface area (Å²) in [4.78, 5) is 1.74. The number of furan rings is 2. The van der Waals surface area contributed by atoms with Gasteiger partial charge in [0.1, 0.15) is 0 Å². The van der Waals surface area contributed by atoms with E-state index in [1.165, 1.54) is 20.2 Å². The minimum atomic E-state index is 0.456. The van der Waals surface area contributed by atoms with E-state index in [0.29, 0.717) is 11.9 Å². The molecule has 0 radical (unpaired) electrons. The molecule has 0 aliphatic rings. The Labute approximate surface area is 149 Å². The summed E-state index contributed by atoms with van der Waals surface area (Å²) in [6, 6.07) is 20.4. The van der Waals surface area contributed by atoms with E-state index in [9.17, 15) is 0 Å². The van der Waals surface area contributed by atoms with Crippen LogP contribution in [-0.2, 0) is 0 Å². The quantitative estimate of drug-likeness (QED) is 0.322. The van der Waals surface area contributed by atoms with Gasteiger partial charge in [0.05, 0.1) is 0 Å². The molecule has 0 amide bonds. The van der Waals surface area contributed by atoms with Gasteiger partial charge in [-0.25, -0.2) is 0 Å². The maximum Gasteiger partial charge on any atom is 0.294 e. The predicted octanol–water partition coefficient (Wildman–Crippen LogP) is 7.40. The second-order valence-corrected chi connectivity index (χ2v) is 7.86. The summed E-state index contributed by atoms with van der Waals surface area (Å²) in [6.45, 7) is 0. The van der Waals surface area contributed by atoms with E-state index in [1.54, 1.807) is 22.7 Å². The molecule has 6 rings (SSSR count). The summed E-state index contributed by atoms with van der Waals surface area (Å²) in [6.07, 6.45) is 0. The van der Waals surface area contributed by atoms with Crippen molar-refractivity contribution in [3.05, 3.63) is 60.7 Å². The van der Waals surface area contributed by atoms with Gasteiger partial charge >= 0.3 is 0 Å². The third kappa shape index (κ3) is 1.97. The van der Waals surface area contributed by atoms with Crippen molar-refractivity contribution in [1.82, 2.24) is 0 Å². The van der Waals surface area contributed by atoms with E-state index in [1.807, 2.05) is 36.4 Å². The number of rotatable bonds is 2. The van der Waals surface area contributed by atoms with Crippen molar-refractivity contribution < 1.29 is 13.6 Å². The zero-order valence-electron chi connectivity index (χ0n) is 12.8. The van der Waals surface area contributed by atoms with Crippen molar-refractivity contribution in [1.29, 1.82) is 0 Å². The summed E-state index contributed by atoms with van der Waals surface area (Å²) >= 11 is 3.25. The van der Waals surface area contributed by atoms with Crippen molar-refractivity contribution in [3.8, 4) is 11.9 Å². The van der Waals surface area contributed by atoms with Gasteiger partial charge in [-0.05, 0) is 12.1 Å². The molecule has 4 heterocycles. The molecule has 0 aliphatic carbocycles. The molecule has 0 N–H and O–H groups in total. The SMILES string of the molecule is c1ccc2c(c1)sc1oc(Oc3cc4c(o3)sc3ccccc34)cc12. The highest BCUT2D eigenvalue weighted by molar-refractivity contribution is 7.25. The van der Waals surface area contributed by atoms with Gasteiger partial charge in [0, 0.05) is 43.1 Å². The lowest BCUT2D eigenvalue weighted by Crippen LogP contribution is -1.76. The molecular weight excluding hydrogens is 352 g/mol. The Balaban J connectivity index is 1.43. The first-order chi connectivity index (χ1) is 12.3. The second-order valence-electron chi connectivity index (χ2n) is 5.83. The zero-order chi connectivity index (χ0) is 16.4. The van der Waals surface area contributed by atoms with Crippen molar-refractivity contribution >= 4 is 63.4 Å². The van der Waals surface area contributed by atoms with Gasteiger partial charge in [-0.3, -0.25) is 0 Å². The maximum absolute atomic E-state index is 5.86. The van der Waals surface area contributed by atoms with E-state index in [-0.39, 0.29) is 0 Å². The molecule has 6 aromatic rings. The Morgan fingerprint density at radius 1 is 0.600 bits per heavy atom. The Hall–Kier alpha value is -2.76. The molecule has 25 heavy (non-hydrogen) atoms. The molecule has 120 valence electrons. The van der Waals surface area contributed by atoms with Gasteiger partial charge < -0.3 is 13.6 Å². The van der Waals surface area contributed by atoms with Crippen LogP contribution < -0.4 is 4.74 Å². The van der Waals surface area contributed by atoms with Crippen molar-refractivity contribution in [2.24, 2.45) is 0 Å². The van der Waals surface area contributed by atoms with Crippen LogP contribution in [-0.4, -0.2) is 0 Å². The minimum Gasteiger partial charge on any atom is -0.414 e. The average Bonchev–Trinajstić information content (AvgIpc) is 3.33. The van der Waals surface area contributed by atoms with E-state index in [0.717, 1.165) is 20.6 Å². The molecule has 4 aromatic heterocycles.